The first kappa shape index (κ1) is 16.0. The molecule has 0 radical (unpaired) electrons. The van der Waals surface area contributed by atoms with Crippen LogP contribution in [0.5, 0.6) is 11.5 Å². The second-order valence-electron chi connectivity index (χ2n) is 4.09. The van der Waals surface area contributed by atoms with Crippen molar-refractivity contribution in [2.24, 2.45) is 0 Å². The SMILES string of the molecule is COc1ccc(C(=O)c2c(F)cccc2Br)c(OC)c1Br. The van der Waals surface area contributed by atoms with Crippen LogP contribution in [0.3, 0.4) is 0 Å². The quantitative estimate of drug-likeness (QED) is 0.682. The largest absolute Gasteiger partial charge is 0.495 e. The van der Waals surface area contributed by atoms with Crippen LogP contribution >= 0.6 is 31.9 Å². The number of benzene rings is 2. The number of ketones is 1. The molecule has 0 fully saturated rings. The fourth-order valence-electron chi connectivity index (χ4n) is 1.92. The van der Waals surface area contributed by atoms with Gasteiger partial charge < -0.3 is 9.47 Å². The zero-order valence-electron chi connectivity index (χ0n) is 11.2. The molecule has 0 amide bonds. The van der Waals surface area contributed by atoms with Gasteiger partial charge in [0.15, 0.2) is 0 Å². The van der Waals surface area contributed by atoms with E-state index in [1.54, 1.807) is 18.2 Å². The normalized spacial score (nSPS) is 10.3. The van der Waals surface area contributed by atoms with Crippen LogP contribution in [-0.4, -0.2) is 20.0 Å². The number of hydrogen-bond donors (Lipinski definition) is 0. The third-order valence-electron chi connectivity index (χ3n) is 2.92. The van der Waals surface area contributed by atoms with Crippen LogP contribution in [0.1, 0.15) is 15.9 Å². The van der Waals surface area contributed by atoms with Crippen molar-refractivity contribution < 1.29 is 18.7 Å². The smallest absolute Gasteiger partial charge is 0.200 e. The van der Waals surface area contributed by atoms with Crippen LogP contribution < -0.4 is 9.47 Å². The summed E-state index contributed by atoms with van der Waals surface area (Å²) >= 11 is 6.52. The number of hydrogen-bond acceptors (Lipinski definition) is 3. The highest BCUT2D eigenvalue weighted by Gasteiger charge is 2.23. The maximum Gasteiger partial charge on any atom is 0.200 e. The van der Waals surface area contributed by atoms with E-state index in [0.717, 1.165) is 0 Å². The lowest BCUT2D eigenvalue weighted by atomic mass is 10.0. The molecule has 0 aliphatic carbocycles. The first-order valence-corrected chi connectivity index (χ1v) is 7.49. The molecule has 0 unspecified atom stereocenters. The van der Waals surface area contributed by atoms with Gasteiger partial charge in [0.05, 0.1) is 25.3 Å². The molecule has 0 bridgehead atoms. The van der Waals surface area contributed by atoms with Crippen molar-refractivity contribution in [1.29, 1.82) is 0 Å². The number of carbonyl (C=O) groups excluding carboxylic acids is 1. The monoisotopic (exact) mass is 416 g/mol. The summed E-state index contributed by atoms with van der Waals surface area (Å²) in [5.41, 5.74) is 0.212. The summed E-state index contributed by atoms with van der Waals surface area (Å²) in [5.74, 6) is -0.242. The van der Waals surface area contributed by atoms with Crippen LogP contribution in [0.4, 0.5) is 4.39 Å². The van der Waals surface area contributed by atoms with Gasteiger partial charge in [-0.15, -0.1) is 0 Å². The van der Waals surface area contributed by atoms with E-state index in [1.807, 2.05) is 0 Å². The van der Waals surface area contributed by atoms with Gasteiger partial charge in [0.25, 0.3) is 0 Å². The average Bonchev–Trinajstić information content (AvgIpc) is 2.46. The molecule has 0 atom stereocenters. The summed E-state index contributed by atoms with van der Waals surface area (Å²) in [6.45, 7) is 0. The van der Waals surface area contributed by atoms with Crippen LogP contribution in [-0.2, 0) is 0 Å². The Bertz CT molecular complexity index is 681. The van der Waals surface area contributed by atoms with E-state index in [2.05, 4.69) is 31.9 Å². The molecular weight excluding hydrogens is 407 g/mol. The van der Waals surface area contributed by atoms with Gasteiger partial charge in [0, 0.05) is 4.47 Å². The molecule has 0 saturated heterocycles. The van der Waals surface area contributed by atoms with Gasteiger partial charge in [0.1, 0.15) is 21.8 Å². The number of rotatable bonds is 4. The Labute approximate surface area is 138 Å². The highest BCUT2D eigenvalue weighted by atomic mass is 79.9. The molecule has 0 spiro atoms. The first-order valence-electron chi connectivity index (χ1n) is 5.90. The number of methoxy groups -OCH3 is 2. The number of carbonyl (C=O) groups is 1. The van der Waals surface area contributed by atoms with Gasteiger partial charge in [0.2, 0.25) is 5.78 Å². The molecule has 0 aliphatic heterocycles. The lowest BCUT2D eigenvalue weighted by molar-refractivity contribution is 0.103. The zero-order chi connectivity index (χ0) is 15.6. The fourth-order valence-corrected chi connectivity index (χ4v) is 3.11. The Kier molecular flexibility index (Phi) is 5.00. The molecular formula is C15H11Br2FO3. The molecule has 2 rings (SSSR count). The van der Waals surface area contributed by atoms with E-state index < -0.39 is 11.6 Å². The van der Waals surface area contributed by atoms with Crippen molar-refractivity contribution >= 4 is 37.6 Å². The Morgan fingerprint density at radius 3 is 2.38 bits per heavy atom. The standard InChI is InChI=1S/C15H11Br2FO3/c1-20-11-7-6-8(15(21-2)13(11)17)14(19)12-9(16)4-3-5-10(12)18/h3-7H,1-2H3. The molecule has 3 nitrogen and oxygen atoms in total. The van der Waals surface area contributed by atoms with Crippen molar-refractivity contribution in [2.75, 3.05) is 14.2 Å². The Balaban J connectivity index is 2.62. The lowest BCUT2D eigenvalue weighted by Crippen LogP contribution is -2.08. The van der Waals surface area contributed by atoms with Crippen molar-refractivity contribution in [2.45, 2.75) is 0 Å². The maximum absolute atomic E-state index is 13.9. The van der Waals surface area contributed by atoms with E-state index in [4.69, 9.17) is 9.47 Å². The van der Waals surface area contributed by atoms with Crippen LogP contribution in [0, 0.1) is 5.82 Å². The van der Waals surface area contributed by atoms with Crippen molar-refractivity contribution in [1.82, 2.24) is 0 Å². The third-order valence-corrected chi connectivity index (χ3v) is 4.33. The predicted octanol–water partition coefficient (Wildman–Crippen LogP) is 4.60. The van der Waals surface area contributed by atoms with Crippen LogP contribution in [0.2, 0.25) is 0 Å². The van der Waals surface area contributed by atoms with Gasteiger partial charge in [-0.1, -0.05) is 6.07 Å². The van der Waals surface area contributed by atoms with Crippen LogP contribution in [0.15, 0.2) is 39.3 Å². The topological polar surface area (TPSA) is 35.5 Å². The molecule has 0 aliphatic rings. The highest BCUT2D eigenvalue weighted by molar-refractivity contribution is 9.11. The summed E-state index contributed by atoms with van der Waals surface area (Å²) in [4.78, 5) is 12.6. The Morgan fingerprint density at radius 1 is 1.10 bits per heavy atom. The second kappa shape index (κ2) is 6.58. The molecule has 0 aromatic heterocycles. The van der Waals surface area contributed by atoms with Crippen molar-refractivity contribution in [3.8, 4) is 11.5 Å². The zero-order valence-corrected chi connectivity index (χ0v) is 14.4. The summed E-state index contributed by atoms with van der Waals surface area (Å²) in [6, 6.07) is 7.54. The summed E-state index contributed by atoms with van der Waals surface area (Å²) in [6.07, 6.45) is 0. The lowest BCUT2D eigenvalue weighted by Gasteiger charge is -2.13. The van der Waals surface area contributed by atoms with E-state index in [0.29, 0.717) is 20.4 Å². The fraction of sp³-hybridized carbons (Fsp3) is 0.133. The number of halogens is 3. The van der Waals surface area contributed by atoms with Gasteiger partial charge >= 0.3 is 0 Å². The van der Waals surface area contributed by atoms with E-state index in [1.165, 1.54) is 26.4 Å². The minimum absolute atomic E-state index is 0.0344. The van der Waals surface area contributed by atoms with Gasteiger partial charge in [-0.3, -0.25) is 4.79 Å². The van der Waals surface area contributed by atoms with E-state index >= 15 is 0 Å². The van der Waals surface area contributed by atoms with Gasteiger partial charge in [-0.2, -0.15) is 0 Å². The van der Waals surface area contributed by atoms with E-state index in [-0.39, 0.29) is 11.1 Å². The summed E-state index contributed by atoms with van der Waals surface area (Å²) < 4.78 is 25.2. The first-order chi connectivity index (χ1) is 10.0. The van der Waals surface area contributed by atoms with Crippen molar-refractivity contribution in [3.05, 3.63) is 56.2 Å². The van der Waals surface area contributed by atoms with Gasteiger partial charge in [-0.05, 0) is 56.1 Å². The maximum atomic E-state index is 13.9. The average molecular weight is 418 g/mol. The van der Waals surface area contributed by atoms with E-state index in [9.17, 15) is 9.18 Å². The van der Waals surface area contributed by atoms with Crippen molar-refractivity contribution in [3.63, 3.8) is 0 Å². The third kappa shape index (κ3) is 2.96. The molecule has 2 aromatic carbocycles. The Hall–Kier alpha value is -1.40. The second-order valence-corrected chi connectivity index (χ2v) is 5.74. The summed E-state index contributed by atoms with van der Waals surface area (Å²) in [7, 11) is 2.95. The molecule has 0 N–H and O–H groups in total. The Morgan fingerprint density at radius 2 is 1.81 bits per heavy atom. The molecule has 110 valence electrons. The summed E-state index contributed by atoms with van der Waals surface area (Å²) in [5, 5.41) is 0. The molecule has 0 heterocycles. The minimum atomic E-state index is -0.594. The van der Waals surface area contributed by atoms with Crippen LogP contribution in [0.25, 0.3) is 0 Å². The van der Waals surface area contributed by atoms with Gasteiger partial charge in [-0.25, -0.2) is 4.39 Å². The minimum Gasteiger partial charge on any atom is -0.495 e. The molecule has 21 heavy (non-hydrogen) atoms. The molecule has 0 saturated carbocycles. The molecule has 6 heteroatoms. The highest BCUT2D eigenvalue weighted by Crippen LogP contribution is 2.38. The molecule has 2 aromatic rings. The predicted molar refractivity (Wildman–Crippen MR) is 84.8 cm³/mol. The number of ether oxygens (including phenoxy) is 2.